The molecule has 0 fully saturated rings. The maximum atomic E-state index is 8.58. The summed E-state index contributed by atoms with van der Waals surface area (Å²) in [4.78, 5) is 0.812. The minimum Gasteiger partial charge on any atom is -0.496 e. The normalized spacial score (nSPS) is 9.38. The quantitative estimate of drug-likeness (QED) is 0.738. The molecule has 0 aliphatic heterocycles. The molecule has 0 aliphatic carbocycles. The summed E-state index contributed by atoms with van der Waals surface area (Å²) in [6.45, 7) is 0. The van der Waals surface area contributed by atoms with Crippen LogP contribution in [0.4, 0.5) is 0 Å². The Bertz CT molecular complexity index is 376. The molecule has 86 valence electrons. The standard InChI is InChI=1S/C11H13NO3S/c1-13-8-6-9(14-2)11(16-5-4-12)10(7-8)15-3/h6-7H,5H2,1-3H3. The average molecular weight is 239 g/mol. The number of ether oxygens (including phenoxy) is 3. The van der Waals surface area contributed by atoms with Crippen molar-refractivity contribution in [1.82, 2.24) is 0 Å². The predicted molar refractivity (Wildman–Crippen MR) is 62.4 cm³/mol. The largest absolute Gasteiger partial charge is 0.496 e. The molecule has 1 rings (SSSR count). The summed E-state index contributed by atoms with van der Waals surface area (Å²) in [7, 11) is 4.73. The lowest BCUT2D eigenvalue weighted by Gasteiger charge is -2.13. The summed E-state index contributed by atoms with van der Waals surface area (Å²) in [5.41, 5.74) is 0. The Balaban J connectivity index is 3.15. The average Bonchev–Trinajstić information content (AvgIpc) is 2.35. The van der Waals surface area contributed by atoms with Gasteiger partial charge in [-0.2, -0.15) is 5.26 Å². The van der Waals surface area contributed by atoms with Gasteiger partial charge >= 0.3 is 0 Å². The third kappa shape index (κ3) is 2.74. The van der Waals surface area contributed by atoms with Gasteiger partial charge in [-0.3, -0.25) is 0 Å². The first-order valence-corrected chi connectivity index (χ1v) is 5.55. The van der Waals surface area contributed by atoms with Crippen molar-refractivity contribution >= 4 is 11.8 Å². The minimum atomic E-state index is 0.346. The molecule has 5 heteroatoms. The highest BCUT2D eigenvalue weighted by molar-refractivity contribution is 7.99. The van der Waals surface area contributed by atoms with Crippen LogP contribution in [0.1, 0.15) is 0 Å². The lowest BCUT2D eigenvalue weighted by Crippen LogP contribution is -1.94. The van der Waals surface area contributed by atoms with E-state index < -0.39 is 0 Å². The van der Waals surface area contributed by atoms with E-state index in [-0.39, 0.29) is 0 Å². The van der Waals surface area contributed by atoms with E-state index in [0.717, 1.165) is 4.90 Å². The van der Waals surface area contributed by atoms with Crippen molar-refractivity contribution in [2.45, 2.75) is 4.90 Å². The monoisotopic (exact) mass is 239 g/mol. The molecule has 1 aromatic carbocycles. The maximum absolute atomic E-state index is 8.58. The van der Waals surface area contributed by atoms with Crippen LogP contribution in [-0.2, 0) is 0 Å². The van der Waals surface area contributed by atoms with Crippen molar-refractivity contribution < 1.29 is 14.2 Å². The van der Waals surface area contributed by atoms with Crippen molar-refractivity contribution in [2.75, 3.05) is 27.1 Å². The van der Waals surface area contributed by atoms with Gasteiger partial charge in [0.1, 0.15) is 17.2 Å². The fraction of sp³-hybridized carbons (Fsp3) is 0.364. The van der Waals surface area contributed by atoms with Gasteiger partial charge in [-0.25, -0.2) is 0 Å². The van der Waals surface area contributed by atoms with Crippen molar-refractivity contribution in [3.63, 3.8) is 0 Å². The van der Waals surface area contributed by atoms with Crippen LogP contribution in [0.3, 0.4) is 0 Å². The van der Waals surface area contributed by atoms with E-state index in [0.29, 0.717) is 23.0 Å². The van der Waals surface area contributed by atoms with Crippen molar-refractivity contribution in [3.8, 4) is 23.3 Å². The highest BCUT2D eigenvalue weighted by atomic mass is 32.2. The van der Waals surface area contributed by atoms with Crippen LogP contribution >= 0.6 is 11.8 Å². The Hall–Kier alpha value is -1.54. The number of nitriles is 1. The van der Waals surface area contributed by atoms with E-state index in [2.05, 4.69) is 6.07 Å². The molecule has 0 saturated heterocycles. The number of hydrogen-bond donors (Lipinski definition) is 0. The van der Waals surface area contributed by atoms with Gasteiger partial charge in [0.15, 0.2) is 0 Å². The van der Waals surface area contributed by atoms with E-state index in [9.17, 15) is 0 Å². The predicted octanol–water partition coefficient (Wildman–Crippen LogP) is 2.33. The Morgan fingerprint density at radius 3 is 2.06 bits per heavy atom. The van der Waals surface area contributed by atoms with Crippen LogP contribution < -0.4 is 14.2 Å². The van der Waals surface area contributed by atoms with Gasteiger partial charge in [0, 0.05) is 12.1 Å². The number of nitrogens with zero attached hydrogens (tertiary/aromatic N) is 1. The molecule has 0 unspecified atom stereocenters. The lowest BCUT2D eigenvalue weighted by molar-refractivity contribution is 0.361. The van der Waals surface area contributed by atoms with E-state index in [1.165, 1.54) is 11.8 Å². The van der Waals surface area contributed by atoms with Gasteiger partial charge in [0.25, 0.3) is 0 Å². The maximum Gasteiger partial charge on any atom is 0.139 e. The van der Waals surface area contributed by atoms with Crippen LogP contribution in [-0.4, -0.2) is 27.1 Å². The molecule has 0 spiro atoms. The second-order valence-corrected chi connectivity index (χ2v) is 3.79. The van der Waals surface area contributed by atoms with Gasteiger partial charge in [0.05, 0.1) is 38.0 Å². The molecular formula is C11H13NO3S. The van der Waals surface area contributed by atoms with Crippen LogP contribution in [0, 0.1) is 11.3 Å². The molecule has 0 saturated carbocycles. The Morgan fingerprint density at radius 1 is 1.12 bits per heavy atom. The third-order valence-electron chi connectivity index (χ3n) is 1.95. The molecule has 0 N–H and O–H groups in total. The van der Waals surface area contributed by atoms with Gasteiger partial charge in [0.2, 0.25) is 0 Å². The highest BCUT2D eigenvalue weighted by Crippen LogP contribution is 2.40. The van der Waals surface area contributed by atoms with E-state index in [4.69, 9.17) is 19.5 Å². The summed E-state index contributed by atoms with van der Waals surface area (Å²) >= 11 is 1.38. The first kappa shape index (κ1) is 12.5. The molecule has 0 bridgehead atoms. The SMILES string of the molecule is COc1cc(OC)c(SCC#N)c(OC)c1. The number of methoxy groups -OCH3 is 3. The molecule has 1 aromatic rings. The first-order valence-electron chi connectivity index (χ1n) is 4.56. The van der Waals surface area contributed by atoms with Gasteiger partial charge in [-0.15, -0.1) is 11.8 Å². The molecule has 0 radical (unpaired) electrons. The summed E-state index contributed by atoms with van der Waals surface area (Å²) in [5.74, 6) is 2.31. The smallest absolute Gasteiger partial charge is 0.139 e. The Labute approximate surface area is 99.1 Å². The van der Waals surface area contributed by atoms with E-state index in [1.54, 1.807) is 33.5 Å². The van der Waals surface area contributed by atoms with Crippen LogP contribution in [0.15, 0.2) is 17.0 Å². The Kier molecular flexibility index (Phi) is 4.80. The minimum absolute atomic E-state index is 0.346. The number of rotatable bonds is 5. The third-order valence-corrected chi connectivity index (χ3v) is 2.92. The molecular weight excluding hydrogens is 226 g/mol. The summed E-state index contributed by atoms with van der Waals surface area (Å²) in [6.07, 6.45) is 0. The van der Waals surface area contributed by atoms with Crippen LogP contribution in [0.25, 0.3) is 0 Å². The Morgan fingerprint density at radius 2 is 1.69 bits per heavy atom. The molecule has 0 amide bonds. The zero-order chi connectivity index (χ0) is 12.0. The molecule has 4 nitrogen and oxygen atoms in total. The fourth-order valence-electron chi connectivity index (χ4n) is 1.22. The van der Waals surface area contributed by atoms with Gasteiger partial charge in [-0.05, 0) is 0 Å². The van der Waals surface area contributed by atoms with Gasteiger partial charge < -0.3 is 14.2 Å². The van der Waals surface area contributed by atoms with Crippen molar-refractivity contribution in [3.05, 3.63) is 12.1 Å². The molecule has 0 heterocycles. The number of thioether (sulfide) groups is 1. The molecule has 0 aromatic heterocycles. The number of benzene rings is 1. The second kappa shape index (κ2) is 6.13. The van der Waals surface area contributed by atoms with E-state index >= 15 is 0 Å². The number of hydrogen-bond acceptors (Lipinski definition) is 5. The van der Waals surface area contributed by atoms with Crippen molar-refractivity contribution in [2.24, 2.45) is 0 Å². The zero-order valence-electron chi connectivity index (χ0n) is 9.44. The molecule has 16 heavy (non-hydrogen) atoms. The van der Waals surface area contributed by atoms with Crippen LogP contribution in [0.5, 0.6) is 17.2 Å². The highest BCUT2D eigenvalue weighted by Gasteiger charge is 2.13. The fourth-order valence-corrected chi connectivity index (χ4v) is 2.00. The summed E-state index contributed by atoms with van der Waals surface area (Å²) < 4.78 is 15.6. The van der Waals surface area contributed by atoms with E-state index in [1.807, 2.05) is 0 Å². The topological polar surface area (TPSA) is 51.5 Å². The lowest BCUT2D eigenvalue weighted by atomic mass is 10.3. The van der Waals surface area contributed by atoms with Crippen molar-refractivity contribution in [1.29, 1.82) is 5.26 Å². The molecule has 0 atom stereocenters. The summed E-state index contributed by atoms with van der Waals surface area (Å²) in [6, 6.07) is 5.60. The van der Waals surface area contributed by atoms with Crippen LogP contribution in [0.2, 0.25) is 0 Å². The first-order chi connectivity index (χ1) is 7.76. The zero-order valence-corrected chi connectivity index (χ0v) is 10.3. The molecule has 0 aliphatic rings. The van der Waals surface area contributed by atoms with Gasteiger partial charge in [-0.1, -0.05) is 0 Å². The summed E-state index contributed by atoms with van der Waals surface area (Å²) in [5, 5.41) is 8.58. The second-order valence-electron chi connectivity index (χ2n) is 2.81.